The molecule has 0 spiro atoms. The van der Waals surface area contributed by atoms with Crippen LogP contribution in [0.15, 0.2) is 18.2 Å². The van der Waals surface area contributed by atoms with Gasteiger partial charge in [0, 0.05) is 19.0 Å². The zero-order valence-electron chi connectivity index (χ0n) is 10.1. The first kappa shape index (κ1) is 11.5. The second-order valence-electron chi connectivity index (χ2n) is 4.68. The highest BCUT2D eigenvalue weighted by atomic mass is 16.4. The molecule has 0 radical (unpaired) electrons. The maximum absolute atomic E-state index is 10.9. The number of H-pyrrole nitrogens is 1. The van der Waals surface area contributed by atoms with Gasteiger partial charge >= 0.3 is 6.09 Å². The van der Waals surface area contributed by atoms with E-state index in [1.165, 1.54) is 4.90 Å². The van der Waals surface area contributed by atoms with Crippen molar-refractivity contribution in [3.63, 3.8) is 0 Å². The second-order valence-corrected chi connectivity index (χ2v) is 4.68. The van der Waals surface area contributed by atoms with Gasteiger partial charge in [-0.05, 0) is 24.6 Å². The summed E-state index contributed by atoms with van der Waals surface area (Å²) in [6.07, 6.45) is -0.109. The van der Waals surface area contributed by atoms with Crippen LogP contribution in [0.2, 0.25) is 0 Å². The molecule has 6 heteroatoms. The number of rotatable bonds is 1. The van der Waals surface area contributed by atoms with Gasteiger partial charge in [0.15, 0.2) is 0 Å². The molecule has 1 atom stereocenters. The smallest absolute Gasteiger partial charge is 0.407 e. The number of carboxylic acid groups (broad SMARTS) is 1. The monoisotopic (exact) mass is 256 g/mol. The molecule has 1 fully saturated rings. The molecule has 0 bridgehead atoms. The molecule has 6 nitrogen and oxygen atoms in total. The van der Waals surface area contributed by atoms with Crippen LogP contribution in [0.5, 0.6) is 0 Å². The molecule has 0 aliphatic carbocycles. The van der Waals surface area contributed by atoms with Crippen LogP contribution in [0.4, 0.5) is 4.79 Å². The van der Waals surface area contributed by atoms with E-state index in [1.807, 2.05) is 6.07 Å². The van der Waals surface area contributed by atoms with Crippen LogP contribution >= 0.6 is 0 Å². The van der Waals surface area contributed by atoms with E-state index in [0.29, 0.717) is 18.7 Å². The van der Waals surface area contributed by atoms with Gasteiger partial charge in [0.2, 0.25) is 0 Å². The highest BCUT2D eigenvalue weighted by molar-refractivity contribution is 5.77. The van der Waals surface area contributed by atoms with Crippen molar-refractivity contribution in [1.82, 2.24) is 14.9 Å². The predicted octanol–water partition coefficient (Wildman–Crippen LogP) is 1.90. The number of fused-ring (bicyclic) bond motifs is 1. The lowest BCUT2D eigenvalue weighted by atomic mass is 10.1. The van der Waals surface area contributed by atoms with Crippen molar-refractivity contribution < 1.29 is 9.90 Å². The summed E-state index contributed by atoms with van der Waals surface area (Å²) in [5.74, 6) is 0.905. The molecule has 0 saturated carbocycles. The SMILES string of the molecule is N#Cc1ccc2[nH]c(C3CCN(C(=O)O)C3)nc2c1. The highest BCUT2D eigenvalue weighted by Crippen LogP contribution is 2.27. The number of imidazole rings is 1. The topological polar surface area (TPSA) is 93.0 Å². The molecular formula is C13H12N4O2. The van der Waals surface area contributed by atoms with E-state index in [-0.39, 0.29) is 5.92 Å². The Morgan fingerprint density at radius 1 is 1.58 bits per heavy atom. The lowest BCUT2D eigenvalue weighted by Gasteiger charge is -2.10. The summed E-state index contributed by atoms with van der Waals surface area (Å²) in [6, 6.07) is 7.38. The molecule has 96 valence electrons. The number of benzene rings is 1. The summed E-state index contributed by atoms with van der Waals surface area (Å²) in [6.45, 7) is 1.01. The van der Waals surface area contributed by atoms with Crippen molar-refractivity contribution in [2.45, 2.75) is 12.3 Å². The fourth-order valence-corrected chi connectivity index (χ4v) is 2.45. The molecule has 19 heavy (non-hydrogen) atoms. The van der Waals surface area contributed by atoms with E-state index in [2.05, 4.69) is 16.0 Å². The van der Waals surface area contributed by atoms with Crippen molar-refractivity contribution in [3.05, 3.63) is 29.6 Å². The number of likely N-dealkylation sites (tertiary alicyclic amines) is 1. The zero-order valence-corrected chi connectivity index (χ0v) is 10.1. The fourth-order valence-electron chi connectivity index (χ4n) is 2.45. The third-order valence-corrected chi connectivity index (χ3v) is 3.48. The van der Waals surface area contributed by atoms with Crippen molar-refractivity contribution in [3.8, 4) is 6.07 Å². The standard InChI is InChI=1S/C13H12N4O2/c14-6-8-1-2-10-11(5-8)16-12(15-10)9-3-4-17(7-9)13(18)19/h1-2,5,9H,3-4,7H2,(H,15,16)(H,18,19). The van der Waals surface area contributed by atoms with Crippen LogP contribution in [0, 0.1) is 11.3 Å². The number of nitrogens with one attached hydrogen (secondary N) is 1. The number of nitriles is 1. The molecular weight excluding hydrogens is 244 g/mol. The summed E-state index contributed by atoms with van der Waals surface area (Å²) < 4.78 is 0. The molecule has 1 amide bonds. The minimum absolute atomic E-state index is 0.106. The van der Waals surface area contributed by atoms with E-state index in [4.69, 9.17) is 10.4 Å². The van der Waals surface area contributed by atoms with E-state index in [9.17, 15) is 4.79 Å². The van der Waals surface area contributed by atoms with Crippen molar-refractivity contribution >= 4 is 17.1 Å². The minimum Gasteiger partial charge on any atom is -0.465 e. The Balaban J connectivity index is 1.90. The first-order valence-electron chi connectivity index (χ1n) is 6.05. The van der Waals surface area contributed by atoms with E-state index in [1.54, 1.807) is 12.1 Å². The summed E-state index contributed by atoms with van der Waals surface area (Å²) >= 11 is 0. The second kappa shape index (κ2) is 4.28. The Hall–Kier alpha value is -2.55. The van der Waals surface area contributed by atoms with Gasteiger partial charge in [-0.15, -0.1) is 0 Å². The van der Waals surface area contributed by atoms with Gasteiger partial charge in [0.05, 0.1) is 22.7 Å². The number of hydrogen-bond acceptors (Lipinski definition) is 3. The molecule has 1 aliphatic rings. The van der Waals surface area contributed by atoms with Crippen molar-refractivity contribution in [2.75, 3.05) is 13.1 Å². The summed E-state index contributed by atoms with van der Waals surface area (Å²) in [5.41, 5.74) is 2.20. The first-order valence-corrected chi connectivity index (χ1v) is 6.05. The quantitative estimate of drug-likeness (QED) is 0.814. The zero-order chi connectivity index (χ0) is 13.4. The number of amides is 1. The number of nitrogens with zero attached hydrogens (tertiary/aromatic N) is 3. The molecule has 1 aromatic carbocycles. The maximum Gasteiger partial charge on any atom is 0.407 e. The number of aromatic amines is 1. The van der Waals surface area contributed by atoms with Crippen LogP contribution in [0.3, 0.4) is 0 Å². The van der Waals surface area contributed by atoms with Crippen LogP contribution in [0.25, 0.3) is 11.0 Å². The Morgan fingerprint density at radius 2 is 2.42 bits per heavy atom. The average Bonchev–Trinajstić information content (AvgIpc) is 3.04. The van der Waals surface area contributed by atoms with Crippen LogP contribution < -0.4 is 0 Å². The fraction of sp³-hybridized carbons (Fsp3) is 0.308. The normalized spacial score (nSPS) is 18.7. The Bertz CT molecular complexity index is 685. The van der Waals surface area contributed by atoms with Gasteiger partial charge < -0.3 is 15.0 Å². The van der Waals surface area contributed by atoms with Gasteiger partial charge in [0.25, 0.3) is 0 Å². The number of hydrogen-bond donors (Lipinski definition) is 2. The number of carbonyl (C=O) groups is 1. The van der Waals surface area contributed by atoms with Gasteiger partial charge in [-0.3, -0.25) is 0 Å². The summed E-state index contributed by atoms with van der Waals surface area (Å²) in [5, 5.41) is 17.8. The van der Waals surface area contributed by atoms with Gasteiger partial charge in [0.1, 0.15) is 5.82 Å². The maximum atomic E-state index is 10.9. The minimum atomic E-state index is -0.884. The molecule has 3 rings (SSSR count). The van der Waals surface area contributed by atoms with E-state index >= 15 is 0 Å². The Kier molecular flexibility index (Phi) is 2.60. The molecule has 2 aromatic rings. The third kappa shape index (κ3) is 1.99. The third-order valence-electron chi connectivity index (χ3n) is 3.48. The molecule has 1 aliphatic heterocycles. The lowest BCUT2D eigenvalue weighted by Crippen LogP contribution is -2.26. The molecule has 1 aromatic heterocycles. The summed E-state index contributed by atoms with van der Waals surface area (Å²) in [4.78, 5) is 20.0. The Morgan fingerprint density at radius 3 is 3.11 bits per heavy atom. The lowest BCUT2D eigenvalue weighted by molar-refractivity contribution is 0.155. The largest absolute Gasteiger partial charge is 0.465 e. The summed E-state index contributed by atoms with van der Waals surface area (Å²) in [7, 11) is 0. The van der Waals surface area contributed by atoms with Crippen LogP contribution in [0.1, 0.15) is 23.7 Å². The van der Waals surface area contributed by atoms with Gasteiger partial charge in [-0.1, -0.05) is 0 Å². The molecule has 2 heterocycles. The van der Waals surface area contributed by atoms with Crippen LogP contribution in [-0.2, 0) is 0 Å². The number of aromatic nitrogens is 2. The molecule has 2 N–H and O–H groups in total. The van der Waals surface area contributed by atoms with Crippen LogP contribution in [-0.4, -0.2) is 39.2 Å². The van der Waals surface area contributed by atoms with Crippen molar-refractivity contribution in [1.29, 1.82) is 5.26 Å². The van der Waals surface area contributed by atoms with Gasteiger partial charge in [-0.25, -0.2) is 9.78 Å². The Labute approximate surface area is 109 Å². The van der Waals surface area contributed by atoms with E-state index < -0.39 is 6.09 Å². The van der Waals surface area contributed by atoms with Crippen molar-refractivity contribution in [2.24, 2.45) is 0 Å². The van der Waals surface area contributed by atoms with Gasteiger partial charge in [-0.2, -0.15) is 5.26 Å². The molecule has 1 unspecified atom stereocenters. The molecule has 1 saturated heterocycles. The van der Waals surface area contributed by atoms with E-state index in [0.717, 1.165) is 23.3 Å². The highest BCUT2D eigenvalue weighted by Gasteiger charge is 2.28. The average molecular weight is 256 g/mol. The predicted molar refractivity (Wildman–Crippen MR) is 67.8 cm³/mol. The first-order chi connectivity index (χ1) is 9.17.